The molecule has 55 heteroatoms. The number of carbonyl (C=O) groups is 4. The highest BCUT2D eigenvalue weighted by atomic mass is 16.8. The van der Waals surface area contributed by atoms with E-state index in [1.165, 1.54) is 0 Å². The number of amides is 4. The van der Waals surface area contributed by atoms with Crippen molar-refractivity contribution in [3.8, 4) is 0 Å². The van der Waals surface area contributed by atoms with Gasteiger partial charge in [-0.3, -0.25) is 19.2 Å². The zero-order valence-electron chi connectivity index (χ0n) is 66.0. The highest BCUT2D eigenvalue weighted by molar-refractivity contribution is 5.74. The van der Waals surface area contributed by atoms with E-state index in [2.05, 4.69) is 21.3 Å². The second kappa shape index (κ2) is 45.7. The minimum atomic E-state index is -2.70. The first-order valence-electron chi connectivity index (χ1n) is 39.1. The molecule has 714 valence electrons. The maximum absolute atomic E-state index is 13.1. The van der Waals surface area contributed by atoms with Gasteiger partial charge in [-0.05, 0) is 0 Å². The Labute approximate surface area is 696 Å². The standard InChI is InChI=1S/C68H116N4O51/c1-16(82)69-20(5-73)34(87)53(21(86)6-74)117-61-32(71-18(3)84)42(95)55(27(12-80)112-61)120-67-52(105)58(40(93)30(116-67)15-107-64-51(104)57(121-66-49(102)46(99)38(91)25(10-78)111-66)39(92)29(115-64)14-106-63-47(100)44(97)36(89)23(8-76)109-63)122-68-59(123-60-31(70-17(2)83)41(94)35(88)22(7-75)108-60)50(103)56(28(13-81)114-68)118-62-33(72-19(4)85)43(96)54(26(11-79)113-62)119-65-48(101)45(98)37(90)24(9-77)110-65/h20-68,73-81,86-105H,5-15H2,1-4H3,(H,69,82)(H,70,83)(H,71,84)(H,72,85)/t20-,21+,22+,23+,24+,25+,26+,27+,28+,29+,30+,31+,32+,33+,34+,35+,36+,37-,38+,39+,40+,41+,42+,43+,44-,45-,46-,47-,48+,49-,50-,51-,52-,53+,54+,55+,56+,57-,58-,59-,60-,61-,62-,63-,64-,65-,66+,67-,68+/m0/s1. The molecule has 49 atom stereocenters. The average molecular weight is 1810 g/mol. The number of hydrogen-bond donors (Lipinski definition) is 33. The first-order chi connectivity index (χ1) is 58.2. The lowest BCUT2D eigenvalue weighted by molar-refractivity contribution is -0.404. The molecular formula is C68H116N4O51. The number of aliphatic hydroxyl groups excluding tert-OH is 29. The smallest absolute Gasteiger partial charge is 0.217 e. The van der Waals surface area contributed by atoms with Crippen molar-refractivity contribution in [2.45, 2.75) is 328 Å². The third kappa shape index (κ3) is 23.5. The highest BCUT2D eigenvalue weighted by Crippen LogP contribution is 2.41. The van der Waals surface area contributed by atoms with Crippen LogP contribution < -0.4 is 21.3 Å². The number of ether oxygens (including phenoxy) is 18. The number of carbonyl (C=O) groups excluding carboxylic acids is 4. The van der Waals surface area contributed by atoms with Crippen molar-refractivity contribution in [1.82, 2.24) is 21.3 Å². The minimum Gasteiger partial charge on any atom is -0.394 e. The Morgan fingerprint density at radius 2 is 0.569 bits per heavy atom. The van der Waals surface area contributed by atoms with Crippen LogP contribution in [0.15, 0.2) is 0 Å². The van der Waals surface area contributed by atoms with E-state index in [1.807, 2.05) is 0 Å². The van der Waals surface area contributed by atoms with Gasteiger partial charge in [-0.25, -0.2) is 0 Å². The lowest BCUT2D eigenvalue weighted by Gasteiger charge is -2.52. The van der Waals surface area contributed by atoms with Crippen LogP contribution in [0, 0.1) is 0 Å². The molecule has 9 aliphatic heterocycles. The van der Waals surface area contributed by atoms with Crippen LogP contribution in [0.25, 0.3) is 0 Å². The van der Waals surface area contributed by atoms with E-state index >= 15 is 0 Å². The summed E-state index contributed by atoms with van der Waals surface area (Å²) in [5.74, 6) is -3.81. The number of rotatable bonds is 36. The van der Waals surface area contributed by atoms with Crippen molar-refractivity contribution < 1.29 is 253 Å². The summed E-state index contributed by atoms with van der Waals surface area (Å²) in [6.07, 6.45) is -98.0. The third-order valence-electron chi connectivity index (χ3n) is 22.1. The van der Waals surface area contributed by atoms with E-state index in [1.54, 1.807) is 0 Å². The lowest BCUT2D eigenvalue weighted by Crippen LogP contribution is -2.71. The van der Waals surface area contributed by atoms with Gasteiger partial charge in [0.2, 0.25) is 23.6 Å². The monoisotopic (exact) mass is 1800 g/mol. The maximum atomic E-state index is 13.1. The van der Waals surface area contributed by atoms with E-state index < -0.39 is 397 Å². The fraction of sp³-hybridized carbons (Fsp3) is 0.941. The molecule has 4 amide bonds. The van der Waals surface area contributed by atoms with E-state index in [0.29, 0.717) is 0 Å². The van der Waals surface area contributed by atoms with Gasteiger partial charge in [0.05, 0.1) is 78.7 Å². The Balaban J connectivity index is 1.11. The summed E-state index contributed by atoms with van der Waals surface area (Å²) < 4.78 is 107. The van der Waals surface area contributed by atoms with Crippen molar-refractivity contribution in [2.24, 2.45) is 0 Å². The predicted octanol–water partition coefficient (Wildman–Crippen LogP) is -22.6. The molecule has 0 unspecified atom stereocenters. The molecule has 9 rings (SSSR count). The molecule has 0 aromatic heterocycles. The summed E-state index contributed by atoms with van der Waals surface area (Å²) in [7, 11) is 0. The normalized spacial score (nSPS) is 46.7. The predicted molar refractivity (Wildman–Crippen MR) is 378 cm³/mol. The number of hydrogen-bond acceptors (Lipinski definition) is 51. The molecule has 0 radical (unpaired) electrons. The Morgan fingerprint density at radius 3 is 0.976 bits per heavy atom. The number of nitrogens with one attached hydrogen (secondary N) is 4. The fourth-order valence-corrected chi connectivity index (χ4v) is 15.4. The topological polar surface area (TPSA) is 869 Å². The van der Waals surface area contributed by atoms with Gasteiger partial charge in [0.1, 0.15) is 238 Å². The lowest BCUT2D eigenvalue weighted by atomic mass is 9.93. The SMILES string of the molecule is CC(=O)N[C@H]1[C@H](O[C@@H]([C@H](O)[C@H](CO)NC(C)=O)[C@H](O)CO)O[C@H](CO)[C@@H](O[C@@H]2O[C@H](CO[C@H]3O[C@H](CO[C@H]4O[C@H](CO)[C@@H](O)[C@H](O)[C@@H]4O)[C@@H](O)[C@H](O[C@H]4O[C@H](CO)[C@@H](O)[C@H](O)[C@@H]4O)[C@@H]3O)[C@@H](O)[C@H](O[C@H]3O[C@H](CO)[C@@H](O[C@@H]4O[C@H](CO)[C@@H](O[C@@H]5O[C@H](CO)[C@H](O)[C@H](O)[C@H]5O)[C@H](O)[C@H]4NC(C)=O)[C@H](O)[C@@H]3O[C@@H]3O[C@H](CO)[C@@H](O)[C@H](O)[C@H]3NC(C)=O)[C@@H]2O)[C@@H]1O. The molecule has 0 spiro atoms. The first-order valence-corrected chi connectivity index (χ1v) is 39.1. The summed E-state index contributed by atoms with van der Waals surface area (Å²) in [5.41, 5.74) is 0. The molecule has 9 saturated heterocycles. The van der Waals surface area contributed by atoms with E-state index in [0.717, 1.165) is 27.7 Å². The van der Waals surface area contributed by atoms with Crippen LogP contribution in [0.1, 0.15) is 27.7 Å². The second-order valence-corrected chi connectivity index (χ2v) is 30.8. The fourth-order valence-electron chi connectivity index (χ4n) is 15.4. The van der Waals surface area contributed by atoms with E-state index in [9.17, 15) is 167 Å². The van der Waals surface area contributed by atoms with Gasteiger partial charge >= 0.3 is 0 Å². The van der Waals surface area contributed by atoms with Crippen LogP contribution in [0.4, 0.5) is 0 Å². The molecule has 123 heavy (non-hydrogen) atoms. The molecule has 55 nitrogen and oxygen atoms in total. The van der Waals surface area contributed by atoms with Gasteiger partial charge in [0.25, 0.3) is 0 Å². The van der Waals surface area contributed by atoms with Crippen LogP contribution in [-0.4, -0.2) is 545 Å². The second-order valence-electron chi connectivity index (χ2n) is 30.8. The quantitative estimate of drug-likeness (QED) is 0.0277. The van der Waals surface area contributed by atoms with Gasteiger partial charge in [-0.15, -0.1) is 0 Å². The van der Waals surface area contributed by atoms with Gasteiger partial charge in [-0.2, -0.15) is 0 Å². The highest BCUT2D eigenvalue weighted by Gasteiger charge is 2.62. The van der Waals surface area contributed by atoms with Crippen molar-refractivity contribution in [1.29, 1.82) is 0 Å². The molecule has 9 heterocycles. The van der Waals surface area contributed by atoms with Crippen LogP contribution in [-0.2, 0) is 104 Å². The van der Waals surface area contributed by atoms with Gasteiger partial charge < -0.3 is 255 Å². The molecule has 9 aliphatic rings. The Bertz CT molecular complexity index is 3250. The summed E-state index contributed by atoms with van der Waals surface area (Å²) in [5, 5.41) is 332. The molecule has 0 bridgehead atoms. The molecule has 33 N–H and O–H groups in total. The summed E-state index contributed by atoms with van der Waals surface area (Å²) in [6, 6.07) is -7.68. The van der Waals surface area contributed by atoms with Gasteiger partial charge in [-0.1, -0.05) is 0 Å². The Morgan fingerprint density at radius 1 is 0.276 bits per heavy atom. The van der Waals surface area contributed by atoms with Crippen LogP contribution in [0.2, 0.25) is 0 Å². The molecule has 0 saturated carbocycles. The van der Waals surface area contributed by atoms with E-state index in [4.69, 9.17) is 85.3 Å². The van der Waals surface area contributed by atoms with Crippen molar-refractivity contribution in [2.75, 3.05) is 72.7 Å². The zero-order valence-corrected chi connectivity index (χ0v) is 66.0. The van der Waals surface area contributed by atoms with Crippen molar-refractivity contribution in [3.63, 3.8) is 0 Å². The molecule has 0 aliphatic carbocycles. The average Bonchev–Trinajstić information content (AvgIpc) is 0.773. The summed E-state index contributed by atoms with van der Waals surface area (Å²) >= 11 is 0. The maximum Gasteiger partial charge on any atom is 0.217 e. The van der Waals surface area contributed by atoms with Crippen LogP contribution >= 0.6 is 0 Å². The van der Waals surface area contributed by atoms with Crippen molar-refractivity contribution in [3.05, 3.63) is 0 Å². The largest absolute Gasteiger partial charge is 0.394 e. The molecular weight excluding hydrogens is 1690 g/mol. The summed E-state index contributed by atoms with van der Waals surface area (Å²) in [6.45, 7) is -8.90. The van der Waals surface area contributed by atoms with Crippen LogP contribution in [0.5, 0.6) is 0 Å². The molecule has 9 fully saturated rings. The van der Waals surface area contributed by atoms with Gasteiger partial charge in [0.15, 0.2) is 56.6 Å². The van der Waals surface area contributed by atoms with Crippen molar-refractivity contribution >= 4 is 23.6 Å². The molecule has 0 aromatic rings. The minimum absolute atomic E-state index is 0.837. The Hall–Kier alpha value is -4.00. The van der Waals surface area contributed by atoms with Gasteiger partial charge in [0, 0.05) is 27.7 Å². The zero-order chi connectivity index (χ0) is 90.9. The number of aliphatic hydroxyl groups is 29. The summed E-state index contributed by atoms with van der Waals surface area (Å²) in [4.78, 5) is 51.1. The Kier molecular flexibility index (Phi) is 38.2. The van der Waals surface area contributed by atoms with Crippen LogP contribution in [0.3, 0.4) is 0 Å². The first kappa shape index (κ1) is 103. The third-order valence-corrected chi connectivity index (χ3v) is 22.1. The molecule has 0 aromatic carbocycles. The van der Waals surface area contributed by atoms with E-state index in [-0.39, 0.29) is 0 Å².